The molecule has 1 saturated heterocycles. The minimum absolute atomic E-state index is 0.173. The monoisotopic (exact) mass is 578 g/mol. The number of aliphatic carboxylic acids is 1. The zero-order chi connectivity index (χ0) is 28.1. The van der Waals surface area contributed by atoms with Crippen LogP contribution in [-0.2, 0) is 4.79 Å². The zero-order valence-electron chi connectivity index (χ0n) is 22.5. The molecule has 1 aliphatic heterocycles. The summed E-state index contributed by atoms with van der Waals surface area (Å²) in [5, 5.41) is 21.2. The number of benzene rings is 2. The Morgan fingerprint density at radius 1 is 1.02 bits per heavy atom. The van der Waals surface area contributed by atoms with E-state index in [2.05, 4.69) is 21.4 Å². The smallest absolute Gasteiger partial charge is 0.310 e. The third-order valence-electron chi connectivity index (χ3n) is 8.45. The van der Waals surface area contributed by atoms with Gasteiger partial charge in [-0.05, 0) is 80.8 Å². The van der Waals surface area contributed by atoms with E-state index < -0.39 is 11.9 Å². The first-order valence-electron chi connectivity index (χ1n) is 13.8. The van der Waals surface area contributed by atoms with Gasteiger partial charge in [-0.2, -0.15) is 0 Å². The number of halogens is 2. The first-order valence-corrected chi connectivity index (χ1v) is 14.6. The average Bonchev–Trinajstić information content (AvgIpc) is 3.70. The van der Waals surface area contributed by atoms with Crippen molar-refractivity contribution in [1.29, 1.82) is 0 Å². The van der Waals surface area contributed by atoms with Crippen LogP contribution in [0, 0.1) is 0 Å². The summed E-state index contributed by atoms with van der Waals surface area (Å²) in [7, 11) is 0. The SMILES string of the molecule is CC(C(=O)O)c1cc(N2CCC(O)CC2)ccc1-c1cc2c(cn1)ncn2[C@H](C)c1c(Cl)ccc(C2CC2)c1Cl. The molecule has 0 radical (unpaired) electrons. The van der Waals surface area contributed by atoms with Crippen LogP contribution in [0.5, 0.6) is 0 Å². The van der Waals surface area contributed by atoms with Gasteiger partial charge in [-0.3, -0.25) is 9.78 Å². The molecule has 7 nitrogen and oxygen atoms in total. The number of anilines is 1. The van der Waals surface area contributed by atoms with Gasteiger partial charge in [0, 0.05) is 34.9 Å². The Morgan fingerprint density at radius 2 is 1.77 bits per heavy atom. The molecule has 208 valence electrons. The lowest BCUT2D eigenvalue weighted by Gasteiger charge is -2.32. The highest BCUT2D eigenvalue weighted by Crippen LogP contribution is 2.47. The third-order valence-corrected chi connectivity index (χ3v) is 9.20. The van der Waals surface area contributed by atoms with Gasteiger partial charge in [-0.25, -0.2) is 4.98 Å². The number of hydrogen-bond acceptors (Lipinski definition) is 5. The van der Waals surface area contributed by atoms with E-state index >= 15 is 0 Å². The Labute approximate surface area is 243 Å². The van der Waals surface area contributed by atoms with Crippen molar-refractivity contribution in [2.45, 2.75) is 63.5 Å². The average molecular weight is 580 g/mol. The van der Waals surface area contributed by atoms with Crippen LogP contribution in [0.4, 0.5) is 5.69 Å². The molecular formula is C31H32Cl2N4O3. The second kappa shape index (κ2) is 10.7. The molecule has 3 heterocycles. The van der Waals surface area contributed by atoms with Gasteiger partial charge in [-0.1, -0.05) is 35.3 Å². The number of aromatic nitrogens is 3. The summed E-state index contributed by atoms with van der Waals surface area (Å²) in [6.45, 7) is 5.23. The summed E-state index contributed by atoms with van der Waals surface area (Å²) in [6.07, 6.45) is 6.92. The quantitative estimate of drug-likeness (QED) is 0.244. The second-order valence-electron chi connectivity index (χ2n) is 11.1. The van der Waals surface area contributed by atoms with Crippen LogP contribution in [0.3, 0.4) is 0 Å². The standard InChI is InChI=1S/C31H32Cl2N4O3/c1-17(31(39)40)24-13-20(36-11-9-21(38)10-12-36)5-6-23(24)26-14-28-27(15-34-26)35-16-37(28)18(2)29-25(32)8-7-22(30(29)33)19-3-4-19/h5-8,13-19,21,38H,3-4,9-12H2,1-2H3,(H,39,40)/t17?,18-/m1/s1. The summed E-state index contributed by atoms with van der Waals surface area (Å²) in [4.78, 5) is 23.6. The lowest BCUT2D eigenvalue weighted by atomic mass is 9.92. The highest BCUT2D eigenvalue weighted by Gasteiger charge is 2.29. The van der Waals surface area contributed by atoms with Gasteiger partial charge in [-0.15, -0.1) is 0 Å². The molecule has 2 atom stereocenters. The van der Waals surface area contributed by atoms with E-state index in [-0.39, 0.29) is 12.1 Å². The van der Waals surface area contributed by atoms with Crippen LogP contribution < -0.4 is 4.90 Å². The van der Waals surface area contributed by atoms with E-state index in [1.54, 1.807) is 19.4 Å². The number of nitrogens with zero attached hydrogens (tertiary/aromatic N) is 4. The lowest BCUT2D eigenvalue weighted by Crippen LogP contribution is -2.35. The first-order chi connectivity index (χ1) is 19.2. The van der Waals surface area contributed by atoms with Crippen LogP contribution >= 0.6 is 23.2 Å². The molecule has 2 aromatic heterocycles. The van der Waals surface area contributed by atoms with Crippen molar-refractivity contribution in [3.63, 3.8) is 0 Å². The lowest BCUT2D eigenvalue weighted by molar-refractivity contribution is -0.138. The highest BCUT2D eigenvalue weighted by molar-refractivity contribution is 6.36. The Bertz CT molecular complexity index is 1590. The van der Waals surface area contributed by atoms with E-state index in [1.165, 1.54) is 0 Å². The van der Waals surface area contributed by atoms with E-state index in [1.807, 2.05) is 36.4 Å². The predicted octanol–water partition coefficient (Wildman–Crippen LogP) is 7.04. The fourth-order valence-electron chi connectivity index (χ4n) is 5.80. The van der Waals surface area contributed by atoms with Gasteiger partial charge in [0.1, 0.15) is 5.52 Å². The van der Waals surface area contributed by atoms with Crippen molar-refractivity contribution in [3.8, 4) is 11.3 Å². The number of imidazole rings is 1. The molecule has 1 aliphatic carbocycles. The maximum Gasteiger partial charge on any atom is 0.310 e. The fraction of sp³-hybridized carbons (Fsp3) is 0.387. The number of rotatable bonds is 7. The minimum Gasteiger partial charge on any atom is -0.481 e. The Kier molecular flexibility index (Phi) is 7.23. The van der Waals surface area contributed by atoms with Crippen molar-refractivity contribution in [1.82, 2.24) is 14.5 Å². The van der Waals surface area contributed by atoms with Crippen molar-refractivity contribution in [2.75, 3.05) is 18.0 Å². The minimum atomic E-state index is -0.896. The first kappa shape index (κ1) is 27.1. The van der Waals surface area contributed by atoms with Gasteiger partial charge in [0.05, 0.1) is 46.8 Å². The van der Waals surface area contributed by atoms with Crippen LogP contribution in [0.2, 0.25) is 10.0 Å². The molecule has 1 unspecified atom stereocenters. The summed E-state index contributed by atoms with van der Waals surface area (Å²) in [5.41, 5.74) is 6.72. The van der Waals surface area contributed by atoms with Crippen LogP contribution in [-0.4, -0.2) is 49.9 Å². The number of aliphatic hydroxyl groups excluding tert-OH is 1. The van der Waals surface area contributed by atoms with Gasteiger partial charge in [0.15, 0.2) is 0 Å². The molecule has 2 N–H and O–H groups in total. The molecule has 9 heteroatoms. The Hall–Kier alpha value is -3.13. The summed E-state index contributed by atoms with van der Waals surface area (Å²) < 4.78 is 2.05. The second-order valence-corrected chi connectivity index (χ2v) is 11.9. The molecule has 2 fully saturated rings. The van der Waals surface area contributed by atoms with Gasteiger partial charge in [0.25, 0.3) is 0 Å². The number of fused-ring (bicyclic) bond motifs is 1. The molecule has 0 spiro atoms. The largest absolute Gasteiger partial charge is 0.481 e. The summed E-state index contributed by atoms with van der Waals surface area (Å²) in [5.74, 6) is -1.12. The van der Waals surface area contributed by atoms with Crippen LogP contribution in [0.15, 0.2) is 48.9 Å². The van der Waals surface area contributed by atoms with Gasteiger partial charge >= 0.3 is 5.97 Å². The Morgan fingerprint density at radius 3 is 2.48 bits per heavy atom. The highest BCUT2D eigenvalue weighted by atomic mass is 35.5. The topological polar surface area (TPSA) is 91.5 Å². The van der Waals surface area contributed by atoms with E-state index in [0.717, 1.165) is 64.4 Å². The number of carboxylic acids is 1. The van der Waals surface area contributed by atoms with E-state index in [9.17, 15) is 15.0 Å². The number of pyridine rings is 1. The van der Waals surface area contributed by atoms with Crippen molar-refractivity contribution in [2.24, 2.45) is 0 Å². The molecular weight excluding hydrogens is 547 g/mol. The molecule has 0 amide bonds. The third kappa shape index (κ3) is 4.95. The number of hydrogen-bond donors (Lipinski definition) is 2. The molecule has 6 rings (SSSR count). The van der Waals surface area contributed by atoms with Crippen molar-refractivity contribution in [3.05, 3.63) is 75.7 Å². The summed E-state index contributed by atoms with van der Waals surface area (Å²) in [6, 6.07) is 11.7. The normalized spacial score (nSPS) is 17.8. The number of aliphatic hydroxyl groups is 1. The maximum absolute atomic E-state index is 12.1. The summed E-state index contributed by atoms with van der Waals surface area (Å²) >= 11 is 13.6. The molecule has 2 aliphatic rings. The predicted molar refractivity (Wildman–Crippen MR) is 159 cm³/mol. The molecule has 1 saturated carbocycles. The van der Waals surface area contributed by atoms with E-state index in [0.29, 0.717) is 35.0 Å². The maximum atomic E-state index is 12.1. The molecule has 40 heavy (non-hydrogen) atoms. The molecule has 2 aromatic carbocycles. The number of carboxylic acid groups (broad SMARTS) is 1. The van der Waals surface area contributed by atoms with E-state index in [4.69, 9.17) is 28.2 Å². The van der Waals surface area contributed by atoms with Gasteiger partial charge in [0.2, 0.25) is 0 Å². The number of carbonyl (C=O) groups is 1. The van der Waals surface area contributed by atoms with Crippen molar-refractivity contribution < 1.29 is 15.0 Å². The molecule has 0 bridgehead atoms. The van der Waals surface area contributed by atoms with Gasteiger partial charge < -0.3 is 19.7 Å². The fourth-order valence-corrected chi connectivity index (χ4v) is 6.64. The Balaban J connectivity index is 1.41. The van der Waals surface area contributed by atoms with Crippen LogP contribution in [0.1, 0.15) is 74.1 Å². The number of piperidine rings is 1. The van der Waals surface area contributed by atoms with Crippen molar-refractivity contribution >= 4 is 45.9 Å². The van der Waals surface area contributed by atoms with Crippen LogP contribution in [0.25, 0.3) is 22.3 Å². The molecule has 4 aromatic rings. The zero-order valence-corrected chi connectivity index (χ0v) is 24.0.